The van der Waals surface area contributed by atoms with Crippen molar-refractivity contribution in [3.05, 3.63) is 82.2 Å². The van der Waals surface area contributed by atoms with Crippen molar-refractivity contribution in [2.24, 2.45) is 0 Å². The molecule has 216 valence electrons. The number of carbonyl (C=O) groups excluding carboxylic acids is 1. The zero-order valence-electron chi connectivity index (χ0n) is 24.8. The summed E-state index contributed by atoms with van der Waals surface area (Å²) in [4.78, 5) is 44.8. The molecule has 1 amide bonds. The number of hydrogen-bond acceptors (Lipinski definition) is 7. The summed E-state index contributed by atoms with van der Waals surface area (Å²) in [5.41, 5.74) is 6.64. The van der Waals surface area contributed by atoms with Crippen LogP contribution in [0.3, 0.4) is 0 Å². The van der Waals surface area contributed by atoms with Gasteiger partial charge in [0.25, 0.3) is 0 Å². The molecule has 1 atom stereocenters. The fourth-order valence-corrected chi connectivity index (χ4v) is 6.31. The highest BCUT2D eigenvalue weighted by Crippen LogP contribution is 2.46. The van der Waals surface area contributed by atoms with E-state index in [-0.39, 0.29) is 17.9 Å². The first kappa shape index (κ1) is 27.6. The van der Waals surface area contributed by atoms with Crippen molar-refractivity contribution in [2.75, 3.05) is 24.5 Å². The van der Waals surface area contributed by atoms with Crippen molar-refractivity contribution in [3.63, 3.8) is 0 Å². The van der Waals surface area contributed by atoms with Crippen LogP contribution in [0.1, 0.15) is 56.0 Å². The first-order valence-electron chi connectivity index (χ1n) is 14.6. The van der Waals surface area contributed by atoms with Crippen LogP contribution in [-0.2, 0) is 17.8 Å². The first-order chi connectivity index (χ1) is 20.2. The maximum Gasteiger partial charge on any atom is 0.354 e. The number of amides is 1. The molecule has 5 heterocycles. The van der Waals surface area contributed by atoms with Gasteiger partial charge < -0.3 is 14.5 Å². The second-order valence-electron chi connectivity index (χ2n) is 11.4. The van der Waals surface area contributed by atoms with Gasteiger partial charge in [-0.2, -0.15) is 4.98 Å². The highest BCUT2D eigenvalue weighted by molar-refractivity contribution is 6.01. The summed E-state index contributed by atoms with van der Waals surface area (Å²) in [5, 5.41) is 0.831. The second-order valence-corrected chi connectivity index (χ2v) is 11.4. The minimum atomic E-state index is -0.394. The Kier molecular flexibility index (Phi) is 7.04. The largest absolute Gasteiger partial charge is 0.486 e. The lowest BCUT2D eigenvalue weighted by Crippen LogP contribution is -2.54. The van der Waals surface area contributed by atoms with E-state index in [1.165, 1.54) is 6.08 Å². The number of fused-ring (bicyclic) bond motifs is 5. The molecule has 0 bridgehead atoms. The molecule has 0 aliphatic carbocycles. The standard InChI is InChI=1S/C33H36N6O3/c1-7-22-16-24-30(31-26(22)28-23(18-42-31)10-9-12-34-28)39(29-20(5)11-13-35-27(29)19(3)4)33(41)36-32(24)38-15-14-37(17-21(38)6)25(40)8-2/h8-13,16,19,21H,2,7,14-15,17-18H2,1,3-6H3/t21-/m0/s1. The van der Waals surface area contributed by atoms with Gasteiger partial charge in [0, 0.05) is 54.6 Å². The first-order valence-corrected chi connectivity index (χ1v) is 14.6. The summed E-state index contributed by atoms with van der Waals surface area (Å²) in [7, 11) is 0. The Labute approximate surface area is 245 Å². The number of hydrogen-bond donors (Lipinski definition) is 0. The van der Waals surface area contributed by atoms with Crippen molar-refractivity contribution in [1.29, 1.82) is 0 Å². The van der Waals surface area contributed by atoms with Crippen LogP contribution in [0.2, 0.25) is 0 Å². The van der Waals surface area contributed by atoms with Crippen LogP contribution in [-0.4, -0.2) is 56.0 Å². The van der Waals surface area contributed by atoms with E-state index in [1.807, 2.05) is 25.1 Å². The molecule has 9 heteroatoms. The average molecular weight is 565 g/mol. The Morgan fingerprint density at radius 2 is 2.02 bits per heavy atom. The number of benzene rings is 1. The minimum absolute atomic E-state index is 0.0654. The fourth-order valence-electron chi connectivity index (χ4n) is 6.31. The van der Waals surface area contributed by atoms with Crippen LogP contribution < -0.4 is 15.3 Å². The zero-order chi connectivity index (χ0) is 29.7. The van der Waals surface area contributed by atoms with Crippen LogP contribution >= 0.6 is 0 Å². The predicted octanol–water partition coefficient (Wildman–Crippen LogP) is 4.95. The monoisotopic (exact) mass is 564 g/mol. The third kappa shape index (κ3) is 4.35. The maximum atomic E-state index is 14.3. The van der Waals surface area contributed by atoms with Gasteiger partial charge in [-0.1, -0.05) is 33.4 Å². The summed E-state index contributed by atoms with van der Waals surface area (Å²) < 4.78 is 8.26. The van der Waals surface area contributed by atoms with Crippen molar-refractivity contribution < 1.29 is 9.53 Å². The molecule has 0 radical (unpaired) electrons. The topological polar surface area (TPSA) is 93.5 Å². The van der Waals surface area contributed by atoms with E-state index in [2.05, 4.69) is 45.2 Å². The molecule has 3 aromatic heterocycles. The molecular weight excluding hydrogens is 528 g/mol. The van der Waals surface area contributed by atoms with Gasteiger partial charge in [-0.05, 0) is 61.6 Å². The molecule has 4 aromatic rings. The number of anilines is 1. The van der Waals surface area contributed by atoms with E-state index >= 15 is 0 Å². The summed E-state index contributed by atoms with van der Waals surface area (Å²) in [6.07, 6.45) is 5.69. The summed E-state index contributed by atoms with van der Waals surface area (Å²) in [6.45, 7) is 15.9. The Balaban J connectivity index is 1.70. The van der Waals surface area contributed by atoms with E-state index in [1.54, 1.807) is 21.9 Å². The van der Waals surface area contributed by atoms with Crippen LogP contribution in [0.5, 0.6) is 5.75 Å². The summed E-state index contributed by atoms with van der Waals surface area (Å²) in [6, 6.07) is 7.96. The summed E-state index contributed by atoms with van der Waals surface area (Å²) in [5.74, 6) is 1.23. The fraction of sp³-hybridized carbons (Fsp3) is 0.364. The molecule has 0 N–H and O–H groups in total. The molecule has 2 aliphatic heterocycles. The van der Waals surface area contributed by atoms with E-state index < -0.39 is 5.69 Å². The number of nitrogens with zero attached hydrogens (tertiary/aromatic N) is 6. The lowest BCUT2D eigenvalue weighted by Gasteiger charge is -2.40. The lowest BCUT2D eigenvalue weighted by molar-refractivity contribution is -0.126. The molecular formula is C33H36N6O3. The van der Waals surface area contributed by atoms with Gasteiger partial charge in [-0.15, -0.1) is 0 Å². The lowest BCUT2D eigenvalue weighted by atomic mass is 9.93. The zero-order valence-corrected chi connectivity index (χ0v) is 24.8. The number of piperazine rings is 1. The van der Waals surface area contributed by atoms with Crippen molar-refractivity contribution >= 4 is 22.6 Å². The van der Waals surface area contributed by atoms with Gasteiger partial charge in [-0.3, -0.25) is 19.3 Å². The quantitative estimate of drug-likeness (QED) is 0.317. The molecule has 0 spiro atoms. The predicted molar refractivity (Wildman–Crippen MR) is 164 cm³/mol. The number of rotatable bonds is 5. The Morgan fingerprint density at radius 1 is 1.21 bits per heavy atom. The number of carbonyl (C=O) groups is 1. The average Bonchev–Trinajstić information content (AvgIpc) is 2.99. The van der Waals surface area contributed by atoms with Gasteiger partial charge in [0.15, 0.2) is 5.75 Å². The number of ether oxygens (including phenoxy) is 1. The van der Waals surface area contributed by atoms with Gasteiger partial charge >= 0.3 is 5.69 Å². The van der Waals surface area contributed by atoms with Gasteiger partial charge in [0.05, 0.1) is 17.1 Å². The highest BCUT2D eigenvalue weighted by Gasteiger charge is 2.33. The highest BCUT2D eigenvalue weighted by atomic mass is 16.5. The van der Waals surface area contributed by atoms with E-state index in [0.29, 0.717) is 43.3 Å². The Bertz CT molecular complexity index is 1790. The van der Waals surface area contributed by atoms with Crippen LogP contribution in [0.25, 0.3) is 27.8 Å². The smallest absolute Gasteiger partial charge is 0.354 e. The van der Waals surface area contributed by atoms with Crippen molar-refractivity contribution in [2.45, 2.75) is 59.6 Å². The molecule has 0 unspecified atom stereocenters. The van der Waals surface area contributed by atoms with Gasteiger partial charge in [0.2, 0.25) is 5.91 Å². The molecule has 1 fully saturated rings. The third-order valence-electron chi connectivity index (χ3n) is 8.39. The molecule has 1 aromatic carbocycles. The van der Waals surface area contributed by atoms with Crippen molar-refractivity contribution in [1.82, 2.24) is 24.4 Å². The number of aryl methyl sites for hydroxylation is 2. The van der Waals surface area contributed by atoms with E-state index in [0.717, 1.165) is 51.1 Å². The Morgan fingerprint density at radius 3 is 2.74 bits per heavy atom. The van der Waals surface area contributed by atoms with Crippen LogP contribution in [0.4, 0.5) is 5.82 Å². The second kappa shape index (κ2) is 10.7. The van der Waals surface area contributed by atoms with Crippen LogP contribution in [0, 0.1) is 6.92 Å². The molecule has 2 aliphatic rings. The molecule has 9 nitrogen and oxygen atoms in total. The van der Waals surface area contributed by atoms with Crippen molar-refractivity contribution in [3.8, 4) is 22.7 Å². The Hall–Kier alpha value is -4.53. The van der Waals surface area contributed by atoms with E-state index in [9.17, 15) is 9.59 Å². The van der Waals surface area contributed by atoms with Gasteiger partial charge in [0.1, 0.15) is 17.9 Å². The minimum Gasteiger partial charge on any atom is -0.486 e. The molecule has 1 saturated heterocycles. The number of pyridine rings is 2. The number of aromatic nitrogens is 4. The maximum absolute atomic E-state index is 14.3. The molecule has 42 heavy (non-hydrogen) atoms. The van der Waals surface area contributed by atoms with E-state index in [4.69, 9.17) is 19.7 Å². The normalized spacial score (nSPS) is 16.3. The molecule has 6 rings (SSSR count). The van der Waals surface area contributed by atoms with Gasteiger partial charge in [-0.25, -0.2) is 4.79 Å². The SMILES string of the molecule is C=CC(=O)N1CCN(c2nc(=O)n(-c3c(C)ccnc3C(C)C)c3c4c(c(CC)cc23)-c2ncccc2CO4)[C@@H](C)C1. The molecule has 0 saturated carbocycles. The third-order valence-corrected chi connectivity index (χ3v) is 8.39. The summed E-state index contributed by atoms with van der Waals surface area (Å²) >= 11 is 0. The van der Waals surface area contributed by atoms with Crippen LogP contribution in [0.15, 0.2) is 54.1 Å².